The second kappa shape index (κ2) is 2.57. The van der Waals surface area contributed by atoms with Crippen molar-refractivity contribution >= 4 is 21.6 Å². The van der Waals surface area contributed by atoms with Gasteiger partial charge in [0.15, 0.2) is 0 Å². The highest BCUT2D eigenvalue weighted by Gasteiger charge is 2.08. The fourth-order valence-corrected chi connectivity index (χ4v) is 2.18. The van der Waals surface area contributed by atoms with Crippen LogP contribution in [0, 0.1) is 0 Å². The maximum absolute atomic E-state index is 5.40. The molecule has 0 saturated heterocycles. The van der Waals surface area contributed by atoms with Gasteiger partial charge in [0.1, 0.15) is 5.75 Å². The van der Waals surface area contributed by atoms with Crippen LogP contribution < -0.4 is 4.74 Å². The van der Waals surface area contributed by atoms with E-state index in [-0.39, 0.29) is 0 Å². The van der Waals surface area contributed by atoms with E-state index in [0.717, 1.165) is 17.7 Å². The molecule has 3 rings (SSSR count). The Morgan fingerprint density at radius 3 is 3.38 bits per heavy atom. The summed E-state index contributed by atoms with van der Waals surface area (Å²) in [5.74, 6) is 0.972. The lowest BCUT2D eigenvalue weighted by atomic mass is 10.1. The number of ether oxygens (including phenoxy) is 1. The maximum Gasteiger partial charge on any atom is 0.131 e. The standard InChI is InChI=1S/C10H7NOS/c1-2-7-4-8-10(13-6-11-8)5-9(7)12-3-1/h1,3-6H,2H2. The van der Waals surface area contributed by atoms with Crippen molar-refractivity contribution in [1.82, 2.24) is 4.98 Å². The average Bonchev–Trinajstić information content (AvgIpc) is 2.61. The van der Waals surface area contributed by atoms with Gasteiger partial charge in [0, 0.05) is 11.6 Å². The van der Waals surface area contributed by atoms with Crippen molar-refractivity contribution in [1.29, 1.82) is 0 Å². The summed E-state index contributed by atoms with van der Waals surface area (Å²) in [6.45, 7) is 0. The van der Waals surface area contributed by atoms with Gasteiger partial charge in [-0.1, -0.05) is 0 Å². The van der Waals surface area contributed by atoms with Crippen molar-refractivity contribution in [2.24, 2.45) is 0 Å². The number of nitrogens with zero attached hydrogens (tertiary/aromatic N) is 1. The molecule has 0 radical (unpaired) electrons. The zero-order chi connectivity index (χ0) is 8.67. The number of hydrogen-bond donors (Lipinski definition) is 0. The van der Waals surface area contributed by atoms with Gasteiger partial charge in [-0.25, -0.2) is 4.98 Å². The molecule has 2 heterocycles. The Morgan fingerprint density at radius 1 is 1.38 bits per heavy atom. The normalized spacial score (nSPS) is 14.2. The van der Waals surface area contributed by atoms with E-state index in [0.29, 0.717) is 0 Å². The molecule has 0 spiro atoms. The van der Waals surface area contributed by atoms with Crippen LogP contribution >= 0.6 is 11.3 Å². The summed E-state index contributed by atoms with van der Waals surface area (Å²) in [5.41, 5.74) is 4.16. The number of aromatic nitrogens is 1. The van der Waals surface area contributed by atoms with Crippen LogP contribution in [0.5, 0.6) is 5.75 Å². The molecule has 0 bridgehead atoms. The van der Waals surface area contributed by atoms with Crippen LogP contribution in [-0.4, -0.2) is 4.98 Å². The molecule has 2 aromatic rings. The molecule has 0 saturated carbocycles. The monoisotopic (exact) mass is 189 g/mol. The zero-order valence-electron chi connectivity index (χ0n) is 6.86. The van der Waals surface area contributed by atoms with E-state index in [1.165, 1.54) is 10.3 Å². The molecule has 0 unspecified atom stereocenters. The predicted octanol–water partition coefficient (Wildman–Crippen LogP) is 2.74. The molecule has 0 N–H and O–H groups in total. The maximum atomic E-state index is 5.40. The SMILES string of the molecule is C1=COc2cc3scnc3cc2C1. The first-order valence-corrected chi connectivity index (χ1v) is 4.99. The predicted molar refractivity (Wildman–Crippen MR) is 53.1 cm³/mol. The van der Waals surface area contributed by atoms with E-state index in [1.807, 2.05) is 11.6 Å². The van der Waals surface area contributed by atoms with Crippen molar-refractivity contribution in [2.75, 3.05) is 0 Å². The van der Waals surface area contributed by atoms with Crippen molar-refractivity contribution in [3.8, 4) is 5.75 Å². The average molecular weight is 189 g/mol. The Morgan fingerprint density at radius 2 is 2.38 bits per heavy atom. The van der Waals surface area contributed by atoms with Crippen LogP contribution in [0.4, 0.5) is 0 Å². The first-order valence-electron chi connectivity index (χ1n) is 4.11. The van der Waals surface area contributed by atoms with E-state index >= 15 is 0 Å². The van der Waals surface area contributed by atoms with Crippen molar-refractivity contribution in [3.05, 3.63) is 35.5 Å². The number of thiazole rings is 1. The van der Waals surface area contributed by atoms with Crippen LogP contribution in [0.25, 0.3) is 10.2 Å². The van der Waals surface area contributed by atoms with Crippen LogP contribution in [0.3, 0.4) is 0 Å². The Bertz CT molecular complexity index is 445. The van der Waals surface area contributed by atoms with E-state index in [1.54, 1.807) is 17.6 Å². The fraction of sp³-hybridized carbons (Fsp3) is 0.100. The lowest BCUT2D eigenvalue weighted by molar-refractivity contribution is 0.465. The molecule has 13 heavy (non-hydrogen) atoms. The number of benzene rings is 1. The van der Waals surface area contributed by atoms with Crippen molar-refractivity contribution in [3.63, 3.8) is 0 Å². The van der Waals surface area contributed by atoms with Crippen LogP contribution in [0.15, 0.2) is 30.0 Å². The number of hydrogen-bond acceptors (Lipinski definition) is 3. The topological polar surface area (TPSA) is 22.1 Å². The summed E-state index contributed by atoms with van der Waals surface area (Å²) >= 11 is 1.64. The molecule has 0 atom stereocenters. The molecule has 0 amide bonds. The van der Waals surface area contributed by atoms with Crippen LogP contribution in [-0.2, 0) is 6.42 Å². The molecule has 64 valence electrons. The van der Waals surface area contributed by atoms with Gasteiger partial charge in [0.05, 0.1) is 22.0 Å². The van der Waals surface area contributed by atoms with Crippen molar-refractivity contribution < 1.29 is 4.74 Å². The third-order valence-electron chi connectivity index (χ3n) is 2.14. The lowest BCUT2D eigenvalue weighted by Gasteiger charge is -2.10. The van der Waals surface area contributed by atoms with E-state index in [4.69, 9.17) is 4.74 Å². The first-order chi connectivity index (χ1) is 6.43. The van der Waals surface area contributed by atoms with Gasteiger partial charge < -0.3 is 4.74 Å². The summed E-state index contributed by atoms with van der Waals surface area (Å²) in [7, 11) is 0. The molecular weight excluding hydrogens is 182 g/mol. The van der Waals surface area contributed by atoms with Gasteiger partial charge in [-0.15, -0.1) is 11.3 Å². The molecule has 1 aliphatic heterocycles. The highest BCUT2D eigenvalue weighted by atomic mass is 32.1. The van der Waals surface area contributed by atoms with Gasteiger partial charge in [-0.2, -0.15) is 0 Å². The molecule has 2 nitrogen and oxygen atoms in total. The van der Waals surface area contributed by atoms with Gasteiger partial charge >= 0.3 is 0 Å². The van der Waals surface area contributed by atoms with Crippen LogP contribution in [0.2, 0.25) is 0 Å². The quantitative estimate of drug-likeness (QED) is 0.635. The van der Waals surface area contributed by atoms with Gasteiger partial charge in [0.25, 0.3) is 0 Å². The number of rotatable bonds is 0. The summed E-state index contributed by atoms with van der Waals surface area (Å²) in [4.78, 5) is 4.27. The smallest absolute Gasteiger partial charge is 0.131 e. The largest absolute Gasteiger partial charge is 0.465 e. The van der Waals surface area contributed by atoms with Gasteiger partial charge in [0.2, 0.25) is 0 Å². The highest BCUT2D eigenvalue weighted by molar-refractivity contribution is 7.16. The summed E-state index contributed by atoms with van der Waals surface area (Å²) < 4.78 is 6.59. The Labute approximate surface area is 79.5 Å². The third kappa shape index (κ3) is 1.04. The second-order valence-corrected chi connectivity index (χ2v) is 3.86. The van der Waals surface area contributed by atoms with E-state index in [9.17, 15) is 0 Å². The minimum atomic E-state index is 0.947. The molecule has 3 heteroatoms. The molecular formula is C10H7NOS. The van der Waals surface area contributed by atoms with E-state index in [2.05, 4.69) is 17.1 Å². The minimum Gasteiger partial charge on any atom is -0.465 e. The second-order valence-electron chi connectivity index (χ2n) is 2.97. The first kappa shape index (κ1) is 7.09. The van der Waals surface area contributed by atoms with E-state index < -0.39 is 0 Å². The zero-order valence-corrected chi connectivity index (χ0v) is 7.67. The van der Waals surface area contributed by atoms with Gasteiger partial charge in [-0.05, 0) is 18.6 Å². The molecule has 0 aliphatic carbocycles. The number of fused-ring (bicyclic) bond motifs is 2. The van der Waals surface area contributed by atoms with Gasteiger partial charge in [-0.3, -0.25) is 0 Å². The number of allylic oxidation sites excluding steroid dienone is 1. The van der Waals surface area contributed by atoms with Crippen LogP contribution in [0.1, 0.15) is 5.56 Å². The van der Waals surface area contributed by atoms with Crippen molar-refractivity contribution in [2.45, 2.75) is 6.42 Å². The minimum absolute atomic E-state index is 0.947. The lowest BCUT2D eigenvalue weighted by Crippen LogP contribution is -1.95. The Balaban J connectivity index is 2.31. The Kier molecular flexibility index (Phi) is 1.40. The summed E-state index contributed by atoms with van der Waals surface area (Å²) in [5, 5.41) is 0. The summed E-state index contributed by atoms with van der Waals surface area (Å²) in [6.07, 6.45) is 4.71. The molecule has 1 aliphatic rings. The summed E-state index contributed by atoms with van der Waals surface area (Å²) in [6, 6.07) is 4.16. The Hall–Kier alpha value is -1.35. The highest BCUT2D eigenvalue weighted by Crippen LogP contribution is 2.30. The molecule has 1 aromatic heterocycles. The molecule has 0 fully saturated rings. The fourth-order valence-electron chi connectivity index (χ4n) is 1.49. The molecule has 1 aromatic carbocycles. The third-order valence-corrected chi connectivity index (χ3v) is 2.93.